The van der Waals surface area contributed by atoms with Gasteiger partial charge in [-0.05, 0) is 35.9 Å². The monoisotopic (exact) mass is 282 g/mol. The molecule has 0 heterocycles. The second-order valence-electron chi connectivity index (χ2n) is 3.85. The zero-order valence-electron chi connectivity index (χ0n) is 9.29. The third-order valence-electron chi connectivity index (χ3n) is 2.51. The first-order valence-electron chi connectivity index (χ1n) is 5.29. The Morgan fingerprint density at radius 2 is 1.61 bits per heavy atom. The fourth-order valence-corrected chi connectivity index (χ4v) is 1.89. The quantitative estimate of drug-likeness (QED) is 0.755. The van der Waals surface area contributed by atoms with Gasteiger partial charge in [-0.3, -0.25) is 4.79 Å². The summed E-state index contributed by atoms with van der Waals surface area (Å²) in [5, 5.41) is 0.941. The van der Waals surface area contributed by atoms with Gasteiger partial charge in [0.2, 0.25) is 0 Å². The van der Waals surface area contributed by atoms with Crippen LogP contribution in [0.15, 0.2) is 42.5 Å². The summed E-state index contributed by atoms with van der Waals surface area (Å²) in [7, 11) is 0. The van der Waals surface area contributed by atoms with E-state index in [9.17, 15) is 9.18 Å². The number of rotatable bonds is 3. The Balaban J connectivity index is 2.21. The van der Waals surface area contributed by atoms with Crippen molar-refractivity contribution in [1.82, 2.24) is 0 Å². The number of Topliss-reactive ketones (excluding diaryl/α,β-unsaturated/α-hetero) is 1. The highest BCUT2D eigenvalue weighted by Gasteiger charge is 2.12. The van der Waals surface area contributed by atoms with Crippen molar-refractivity contribution in [3.8, 4) is 0 Å². The lowest BCUT2D eigenvalue weighted by Gasteiger charge is -2.04. The van der Waals surface area contributed by atoms with Gasteiger partial charge in [0.1, 0.15) is 5.82 Å². The molecule has 0 fully saturated rings. The summed E-state index contributed by atoms with van der Waals surface area (Å²) < 4.78 is 13.5. The number of carbonyl (C=O) groups is 1. The van der Waals surface area contributed by atoms with E-state index in [2.05, 4.69) is 0 Å². The Morgan fingerprint density at radius 1 is 1.00 bits per heavy atom. The molecule has 0 unspecified atom stereocenters. The van der Waals surface area contributed by atoms with Gasteiger partial charge in [-0.2, -0.15) is 0 Å². The maximum atomic E-state index is 13.5. The lowest BCUT2D eigenvalue weighted by molar-refractivity contribution is 0.0989. The Kier molecular flexibility index (Phi) is 4.00. The molecule has 1 nitrogen and oxygen atoms in total. The summed E-state index contributed by atoms with van der Waals surface area (Å²) in [6.07, 6.45) is 0.119. The standard InChI is InChI=1S/C14H9Cl2FO/c15-10-3-1-9(2-4-10)7-14(18)12-8-11(16)5-6-13(12)17/h1-6,8H,7H2. The fourth-order valence-electron chi connectivity index (χ4n) is 1.59. The average Bonchev–Trinajstić information content (AvgIpc) is 2.35. The lowest BCUT2D eigenvalue weighted by atomic mass is 10.0. The van der Waals surface area contributed by atoms with Crippen molar-refractivity contribution in [2.75, 3.05) is 0 Å². The number of benzene rings is 2. The fraction of sp³-hybridized carbons (Fsp3) is 0.0714. The molecule has 0 saturated heterocycles. The van der Waals surface area contributed by atoms with Crippen LogP contribution < -0.4 is 0 Å². The topological polar surface area (TPSA) is 17.1 Å². The van der Waals surface area contributed by atoms with Crippen molar-refractivity contribution < 1.29 is 9.18 Å². The Labute approximate surface area is 114 Å². The van der Waals surface area contributed by atoms with E-state index in [0.717, 1.165) is 5.56 Å². The van der Waals surface area contributed by atoms with Crippen molar-refractivity contribution in [2.45, 2.75) is 6.42 Å². The van der Waals surface area contributed by atoms with Gasteiger partial charge in [-0.1, -0.05) is 35.3 Å². The minimum absolute atomic E-state index is 0.0115. The van der Waals surface area contributed by atoms with Gasteiger partial charge >= 0.3 is 0 Å². The average molecular weight is 283 g/mol. The van der Waals surface area contributed by atoms with Crippen LogP contribution in [0.4, 0.5) is 4.39 Å². The molecule has 0 amide bonds. The molecular weight excluding hydrogens is 274 g/mol. The van der Waals surface area contributed by atoms with E-state index < -0.39 is 5.82 Å². The molecule has 0 bridgehead atoms. The highest BCUT2D eigenvalue weighted by atomic mass is 35.5. The Bertz CT molecular complexity index is 579. The second kappa shape index (κ2) is 5.51. The van der Waals surface area contributed by atoms with Gasteiger partial charge in [-0.25, -0.2) is 4.39 Å². The summed E-state index contributed by atoms with van der Waals surface area (Å²) in [6, 6.07) is 10.8. The minimum atomic E-state index is -0.557. The van der Waals surface area contributed by atoms with E-state index >= 15 is 0 Å². The molecule has 2 aromatic carbocycles. The molecular formula is C14H9Cl2FO. The van der Waals surface area contributed by atoms with Gasteiger partial charge < -0.3 is 0 Å². The molecule has 92 valence electrons. The Morgan fingerprint density at radius 3 is 2.28 bits per heavy atom. The molecule has 0 spiro atoms. The highest BCUT2D eigenvalue weighted by molar-refractivity contribution is 6.31. The summed E-state index contributed by atoms with van der Waals surface area (Å²) in [5.74, 6) is -0.865. The van der Waals surface area contributed by atoms with Crippen molar-refractivity contribution in [1.29, 1.82) is 0 Å². The molecule has 2 rings (SSSR count). The number of hydrogen-bond donors (Lipinski definition) is 0. The predicted octanol–water partition coefficient (Wildman–Crippen LogP) is 4.56. The largest absolute Gasteiger partial charge is 0.294 e. The van der Waals surface area contributed by atoms with Gasteiger partial charge in [0, 0.05) is 16.5 Å². The zero-order valence-corrected chi connectivity index (χ0v) is 10.8. The summed E-state index contributed by atoms with van der Waals surface area (Å²) in [5.41, 5.74) is 0.793. The summed E-state index contributed by atoms with van der Waals surface area (Å²) in [4.78, 5) is 11.9. The number of halogens is 3. The van der Waals surface area contributed by atoms with Gasteiger partial charge in [0.25, 0.3) is 0 Å². The van der Waals surface area contributed by atoms with Crippen LogP contribution in [0.2, 0.25) is 10.0 Å². The van der Waals surface area contributed by atoms with E-state index in [4.69, 9.17) is 23.2 Å². The van der Waals surface area contributed by atoms with Crippen LogP contribution in [0.1, 0.15) is 15.9 Å². The van der Waals surface area contributed by atoms with Gasteiger partial charge in [0.15, 0.2) is 5.78 Å². The predicted molar refractivity (Wildman–Crippen MR) is 70.9 cm³/mol. The third-order valence-corrected chi connectivity index (χ3v) is 2.99. The molecule has 0 atom stereocenters. The van der Waals surface area contributed by atoms with Gasteiger partial charge in [-0.15, -0.1) is 0 Å². The lowest BCUT2D eigenvalue weighted by Crippen LogP contribution is -2.06. The molecule has 0 aliphatic heterocycles. The summed E-state index contributed by atoms with van der Waals surface area (Å²) >= 11 is 11.5. The van der Waals surface area contributed by atoms with E-state index in [1.807, 2.05) is 0 Å². The van der Waals surface area contributed by atoms with Crippen LogP contribution in [-0.4, -0.2) is 5.78 Å². The molecule has 4 heteroatoms. The molecule has 2 aromatic rings. The number of carbonyl (C=O) groups excluding carboxylic acids is 1. The first-order valence-corrected chi connectivity index (χ1v) is 6.04. The van der Waals surface area contributed by atoms with E-state index in [1.165, 1.54) is 18.2 Å². The van der Waals surface area contributed by atoms with Crippen LogP contribution in [0, 0.1) is 5.82 Å². The second-order valence-corrected chi connectivity index (χ2v) is 4.72. The molecule has 0 N–H and O–H groups in total. The van der Waals surface area contributed by atoms with Crippen LogP contribution in [0.3, 0.4) is 0 Å². The third kappa shape index (κ3) is 3.09. The van der Waals surface area contributed by atoms with Crippen molar-refractivity contribution in [3.63, 3.8) is 0 Å². The minimum Gasteiger partial charge on any atom is -0.294 e. The van der Waals surface area contributed by atoms with Crippen molar-refractivity contribution >= 4 is 29.0 Å². The normalized spacial score (nSPS) is 10.4. The van der Waals surface area contributed by atoms with Crippen LogP contribution in [0.25, 0.3) is 0 Å². The molecule has 0 aromatic heterocycles. The Hall–Kier alpha value is -1.38. The molecule has 0 aliphatic carbocycles. The van der Waals surface area contributed by atoms with E-state index in [-0.39, 0.29) is 17.8 Å². The first kappa shape index (κ1) is 13.1. The zero-order chi connectivity index (χ0) is 13.1. The summed E-state index contributed by atoms with van der Waals surface area (Å²) in [6.45, 7) is 0. The van der Waals surface area contributed by atoms with Crippen molar-refractivity contribution in [3.05, 3.63) is 69.5 Å². The van der Waals surface area contributed by atoms with E-state index in [0.29, 0.717) is 10.0 Å². The van der Waals surface area contributed by atoms with Crippen molar-refractivity contribution in [2.24, 2.45) is 0 Å². The van der Waals surface area contributed by atoms with E-state index in [1.54, 1.807) is 24.3 Å². The maximum absolute atomic E-state index is 13.5. The van der Waals surface area contributed by atoms with Crippen LogP contribution in [-0.2, 0) is 6.42 Å². The number of hydrogen-bond acceptors (Lipinski definition) is 1. The molecule has 0 radical (unpaired) electrons. The first-order chi connectivity index (χ1) is 8.56. The maximum Gasteiger partial charge on any atom is 0.170 e. The molecule has 18 heavy (non-hydrogen) atoms. The van der Waals surface area contributed by atoms with Crippen LogP contribution in [0.5, 0.6) is 0 Å². The SMILES string of the molecule is O=C(Cc1ccc(Cl)cc1)c1cc(Cl)ccc1F. The highest BCUT2D eigenvalue weighted by Crippen LogP contribution is 2.18. The number of ketones is 1. The molecule has 0 saturated carbocycles. The van der Waals surface area contributed by atoms with Crippen LogP contribution >= 0.6 is 23.2 Å². The van der Waals surface area contributed by atoms with Gasteiger partial charge in [0.05, 0.1) is 5.56 Å². The smallest absolute Gasteiger partial charge is 0.170 e. The molecule has 0 aliphatic rings.